The van der Waals surface area contributed by atoms with Crippen LogP contribution in [0.5, 0.6) is 0 Å². The highest BCUT2D eigenvalue weighted by Crippen LogP contribution is 2.13. The van der Waals surface area contributed by atoms with Crippen molar-refractivity contribution in [3.8, 4) is 0 Å². The Kier molecular flexibility index (Phi) is 4.60. The van der Waals surface area contributed by atoms with Crippen molar-refractivity contribution in [3.63, 3.8) is 0 Å². The third-order valence-corrected chi connectivity index (χ3v) is 2.65. The molecule has 0 aromatic carbocycles. The molecule has 15 heavy (non-hydrogen) atoms. The van der Waals surface area contributed by atoms with Crippen LogP contribution in [0.1, 0.15) is 49.8 Å². The first-order valence-electron chi connectivity index (χ1n) is 5.82. The van der Waals surface area contributed by atoms with Crippen LogP contribution in [-0.4, -0.2) is 10.9 Å². The van der Waals surface area contributed by atoms with Crippen LogP contribution in [0.2, 0.25) is 0 Å². The van der Waals surface area contributed by atoms with E-state index in [-0.39, 0.29) is 0 Å². The molecule has 0 saturated heterocycles. The van der Waals surface area contributed by atoms with E-state index in [9.17, 15) is 4.79 Å². The van der Waals surface area contributed by atoms with E-state index in [4.69, 9.17) is 0 Å². The zero-order valence-electron chi connectivity index (χ0n) is 9.99. The molecular weight excluding hydrogens is 186 g/mol. The summed E-state index contributed by atoms with van der Waals surface area (Å²) >= 11 is 0. The lowest BCUT2D eigenvalue weighted by Gasteiger charge is -2.10. The molecule has 0 spiro atoms. The first kappa shape index (κ1) is 12.0. The molecule has 1 rings (SSSR count). The van der Waals surface area contributed by atoms with Crippen LogP contribution in [-0.2, 0) is 13.0 Å². The lowest BCUT2D eigenvalue weighted by Crippen LogP contribution is -2.07. The summed E-state index contributed by atoms with van der Waals surface area (Å²) in [6.07, 6.45) is 4.29. The zero-order valence-corrected chi connectivity index (χ0v) is 9.99. The molecule has 0 fully saturated rings. The highest BCUT2D eigenvalue weighted by Gasteiger charge is 2.07. The van der Waals surface area contributed by atoms with Crippen molar-refractivity contribution < 1.29 is 4.79 Å². The van der Waals surface area contributed by atoms with Crippen molar-refractivity contribution in [2.75, 3.05) is 0 Å². The van der Waals surface area contributed by atoms with Gasteiger partial charge in [0.25, 0.3) is 0 Å². The number of carbonyl (C=O) groups is 1. The molecule has 2 heteroatoms. The maximum absolute atomic E-state index is 10.8. The Morgan fingerprint density at radius 1 is 1.40 bits per heavy atom. The van der Waals surface area contributed by atoms with Gasteiger partial charge in [0.2, 0.25) is 0 Å². The second-order valence-corrected chi connectivity index (χ2v) is 4.45. The van der Waals surface area contributed by atoms with Crippen molar-refractivity contribution >= 4 is 6.29 Å². The zero-order chi connectivity index (χ0) is 11.3. The molecular formula is C13H21NO. The Balaban J connectivity index is 2.77. The van der Waals surface area contributed by atoms with Gasteiger partial charge in [0, 0.05) is 12.2 Å². The van der Waals surface area contributed by atoms with E-state index in [2.05, 4.69) is 31.4 Å². The molecule has 0 aliphatic carbocycles. The van der Waals surface area contributed by atoms with Crippen LogP contribution < -0.4 is 0 Å². The number of hydrogen-bond acceptors (Lipinski definition) is 1. The molecule has 2 nitrogen and oxygen atoms in total. The molecule has 0 atom stereocenters. The second kappa shape index (κ2) is 5.74. The van der Waals surface area contributed by atoms with Crippen LogP contribution in [0.3, 0.4) is 0 Å². The maximum atomic E-state index is 10.8. The molecule has 0 radical (unpaired) electrons. The maximum Gasteiger partial charge on any atom is 0.166 e. The lowest BCUT2D eigenvalue weighted by molar-refractivity contribution is 0.111. The van der Waals surface area contributed by atoms with Gasteiger partial charge < -0.3 is 4.57 Å². The van der Waals surface area contributed by atoms with Gasteiger partial charge in [0.05, 0.1) is 5.69 Å². The highest BCUT2D eigenvalue weighted by atomic mass is 16.1. The third kappa shape index (κ3) is 3.22. The normalized spacial score (nSPS) is 10.9. The minimum Gasteiger partial charge on any atom is -0.342 e. The van der Waals surface area contributed by atoms with E-state index in [1.54, 1.807) is 0 Å². The molecule has 0 aliphatic heterocycles. The average molecular weight is 207 g/mol. The van der Waals surface area contributed by atoms with E-state index >= 15 is 0 Å². The monoisotopic (exact) mass is 207 g/mol. The Morgan fingerprint density at radius 3 is 2.67 bits per heavy atom. The van der Waals surface area contributed by atoms with Crippen LogP contribution in [0.4, 0.5) is 0 Å². The predicted molar refractivity (Wildman–Crippen MR) is 63.3 cm³/mol. The lowest BCUT2D eigenvalue weighted by atomic mass is 10.1. The fourth-order valence-electron chi connectivity index (χ4n) is 1.78. The summed E-state index contributed by atoms with van der Waals surface area (Å²) in [6.45, 7) is 7.55. The van der Waals surface area contributed by atoms with Crippen molar-refractivity contribution in [1.82, 2.24) is 4.57 Å². The van der Waals surface area contributed by atoms with Gasteiger partial charge in [0.15, 0.2) is 6.29 Å². The molecule has 1 heterocycles. The van der Waals surface area contributed by atoms with Gasteiger partial charge in [-0.2, -0.15) is 0 Å². The van der Waals surface area contributed by atoms with Crippen LogP contribution in [0.15, 0.2) is 12.1 Å². The van der Waals surface area contributed by atoms with Gasteiger partial charge in [-0.25, -0.2) is 0 Å². The number of rotatable bonds is 6. The summed E-state index contributed by atoms with van der Waals surface area (Å²) in [5.41, 5.74) is 2.11. The van der Waals surface area contributed by atoms with E-state index < -0.39 is 0 Å². The molecule has 0 amide bonds. The molecule has 0 saturated carbocycles. The van der Waals surface area contributed by atoms with E-state index in [0.29, 0.717) is 0 Å². The number of nitrogens with zero attached hydrogens (tertiary/aromatic N) is 1. The summed E-state index contributed by atoms with van der Waals surface area (Å²) in [4.78, 5) is 10.8. The SMILES string of the molecule is CCCn1c(C=O)ccc1CCC(C)C. The Labute approximate surface area is 92.3 Å². The molecule has 0 N–H and O–H groups in total. The summed E-state index contributed by atoms with van der Waals surface area (Å²) in [5.74, 6) is 0.717. The fourth-order valence-corrected chi connectivity index (χ4v) is 1.78. The van der Waals surface area contributed by atoms with Gasteiger partial charge in [0.1, 0.15) is 0 Å². The van der Waals surface area contributed by atoms with Gasteiger partial charge in [-0.05, 0) is 37.3 Å². The second-order valence-electron chi connectivity index (χ2n) is 4.45. The smallest absolute Gasteiger partial charge is 0.166 e. The van der Waals surface area contributed by atoms with Gasteiger partial charge >= 0.3 is 0 Å². The van der Waals surface area contributed by atoms with E-state index in [0.717, 1.165) is 37.3 Å². The first-order chi connectivity index (χ1) is 7.19. The summed E-state index contributed by atoms with van der Waals surface area (Å²) < 4.78 is 2.15. The highest BCUT2D eigenvalue weighted by molar-refractivity contribution is 5.72. The van der Waals surface area contributed by atoms with E-state index in [1.165, 1.54) is 12.1 Å². The first-order valence-corrected chi connectivity index (χ1v) is 5.82. The largest absolute Gasteiger partial charge is 0.342 e. The summed E-state index contributed by atoms with van der Waals surface area (Å²) in [7, 11) is 0. The Morgan fingerprint density at radius 2 is 2.13 bits per heavy atom. The van der Waals surface area contributed by atoms with Crippen LogP contribution in [0.25, 0.3) is 0 Å². The topological polar surface area (TPSA) is 22.0 Å². The van der Waals surface area contributed by atoms with Gasteiger partial charge in [-0.3, -0.25) is 4.79 Å². The predicted octanol–water partition coefficient (Wildman–Crippen LogP) is 3.30. The average Bonchev–Trinajstić information content (AvgIpc) is 2.58. The van der Waals surface area contributed by atoms with Crippen molar-refractivity contribution in [2.24, 2.45) is 5.92 Å². The van der Waals surface area contributed by atoms with Gasteiger partial charge in [-0.1, -0.05) is 20.8 Å². The Hall–Kier alpha value is -1.05. The molecule has 0 aliphatic rings. The summed E-state index contributed by atoms with van der Waals surface area (Å²) in [6, 6.07) is 4.01. The minimum absolute atomic E-state index is 0.717. The molecule has 0 bridgehead atoms. The van der Waals surface area contributed by atoms with Crippen LogP contribution in [0, 0.1) is 5.92 Å². The fraction of sp³-hybridized carbons (Fsp3) is 0.615. The van der Waals surface area contributed by atoms with E-state index in [1.807, 2.05) is 6.07 Å². The third-order valence-electron chi connectivity index (χ3n) is 2.65. The quantitative estimate of drug-likeness (QED) is 0.656. The minimum atomic E-state index is 0.717. The molecule has 1 aromatic heterocycles. The van der Waals surface area contributed by atoms with Gasteiger partial charge in [-0.15, -0.1) is 0 Å². The number of aromatic nitrogens is 1. The molecule has 1 aromatic rings. The molecule has 84 valence electrons. The van der Waals surface area contributed by atoms with Crippen molar-refractivity contribution in [2.45, 2.75) is 46.6 Å². The standard InChI is InChI=1S/C13H21NO/c1-4-9-14-12(6-5-11(2)3)7-8-13(14)10-15/h7-8,10-11H,4-6,9H2,1-3H3. The number of carbonyl (C=O) groups excluding carboxylic acids is 1. The van der Waals surface area contributed by atoms with Crippen LogP contribution >= 0.6 is 0 Å². The number of hydrogen-bond donors (Lipinski definition) is 0. The Bertz CT molecular complexity index is 312. The molecule has 0 unspecified atom stereocenters. The van der Waals surface area contributed by atoms with Crippen molar-refractivity contribution in [1.29, 1.82) is 0 Å². The summed E-state index contributed by atoms with van der Waals surface area (Å²) in [5, 5.41) is 0. The number of aldehydes is 1. The number of aryl methyl sites for hydroxylation is 1. The van der Waals surface area contributed by atoms with Crippen molar-refractivity contribution in [3.05, 3.63) is 23.5 Å².